The Balaban J connectivity index is 2.15. The maximum atomic E-state index is 11.2. The van der Waals surface area contributed by atoms with Crippen molar-refractivity contribution in [3.8, 4) is 17.1 Å². The summed E-state index contributed by atoms with van der Waals surface area (Å²) in [6.45, 7) is 0. The van der Waals surface area contributed by atoms with E-state index >= 15 is 0 Å². The minimum absolute atomic E-state index is 0.0532. The van der Waals surface area contributed by atoms with E-state index < -0.39 is 5.97 Å². The Morgan fingerprint density at radius 2 is 2.05 bits per heavy atom. The summed E-state index contributed by atoms with van der Waals surface area (Å²) in [6.07, 6.45) is 4.82. The topological polar surface area (TPSA) is 83.7 Å². The quantitative estimate of drug-likeness (QED) is 0.695. The number of carbonyl (C=O) groups excluding carboxylic acids is 1. The molecule has 3 rings (SSSR count). The summed E-state index contributed by atoms with van der Waals surface area (Å²) in [6, 6.07) is 10.2. The molecule has 0 aromatic carbocycles. The normalized spacial score (nSPS) is 10.4. The van der Waals surface area contributed by atoms with Crippen molar-refractivity contribution in [2.24, 2.45) is 0 Å². The largest absolute Gasteiger partial charge is 0.543 e. The molecule has 0 bridgehead atoms. The summed E-state index contributed by atoms with van der Waals surface area (Å²) in [4.78, 5) is 19.3. The molecule has 0 saturated heterocycles. The average molecular weight is 265 g/mol. The Labute approximate surface area is 114 Å². The van der Waals surface area contributed by atoms with E-state index in [-0.39, 0.29) is 5.69 Å². The lowest BCUT2D eigenvalue weighted by Gasteiger charge is -2.05. The number of rotatable bonds is 3. The van der Waals surface area contributed by atoms with Crippen molar-refractivity contribution in [3.63, 3.8) is 0 Å². The number of carbonyl (C=O) groups is 1. The lowest BCUT2D eigenvalue weighted by Crippen LogP contribution is -2.25. The van der Waals surface area contributed by atoms with Crippen LogP contribution in [0.25, 0.3) is 17.1 Å². The second kappa shape index (κ2) is 4.93. The molecule has 6 heteroatoms. The lowest BCUT2D eigenvalue weighted by molar-refractivity contribution is -0.255. The van der Waals surface area contributed by atoms with Crippen LogP contribution in [-0.2, 0) is 0 Å². The number of hydrogen-bond donors (Lipinski definition) is 0. The number of pyridine rings is 2. The van der Waals surface area contributed by atoms with Crippen molar-refractivity contribution in [2.75, 3.05) is 0 Å². The van der Waals surface area contributed by atoms with Crippen molar-refractivity contribution in [1.82, 2.24) is 19.7 Å². The van der Waals surface area contributed by atoms with Gasteiger partial charge in [-0.3, -0.25) is 4.98 Å². The predicted octanol–water partition coefficient (Wildman–Crippen LogP) is 0.693. The van der Waals surface area contributed by atoms with Gasteiger partial charge in [0.05, 0.1) is 17.4 Å². The minimum Gasteiger partial charge on any atom is -0.543 e. The van der Waals surface area contributed by atoms with Gasteiger partial charge in [0, 0.05) is 24.2 Å². The average Bonchev–Trinajstić information content (AvgIpc) is 2.94. The molecule has 0 aliphatic rings. The van der Waals surface area contributed by atoms with Crippen LogP contribution in [0, 0.1) is 0 Å². The number of carboxylic acids is 1. The molecule has 0 unspecified atom stereocenters. The zero-order valence-electron chi connectivity index (χ0n) is 10.3. The van der Waals surface area contributed by atoms with Crippen molar-refractivity contribution in [2.45, 2.75) is 0 Å². The molecule has 0 fully saturated rings. The smallest absolute Gasteiger partial charge is 0.154 e. The molecule has 0 saturated carbocycles. The number of carboxylic acid groups (broad SMARTS) is 1. The van der Waals surface area contributed by atoms with Crippen molar-refractivity contribution >= 4 is 5.97 Å². The van der Waals surface area contributed by atoms with E-state index in [1.54, 1.807) is 48.9 Å². The third-order valence-corrected chi connectivity index (χ3v) is 2.74. The van der Waals surface area contributed by atoms with Crippen molar-refractivity contribution < 1.29 is 9.90 Å². The first-order valence-corrected chi connectivity index (χ1v) is 5.89. The number of aromatic carboxylic acids is 1. The minimum atomic E-state index is -1.31. The van der Waals surface area contributed by atoms with Gasteiger partial charge < -0.3 is 9.90 Å². The van der Waals surface area contributed by atoms with Gasteiger partial charge in [-0.2, -0.15) is 5.10 Å². The molecule has 3 aromatic heterocycles. The summed E-state index contributed by atoms with van der Waals surface area (Å²) < 4.78 is 1.25. The molecule has 0 N–H and O–H groups in total. The summed E-state index contributed by atoms with van der Waals surface area (Å²) >= 11 is 0. The molecule has 20 heavy (non-hydrogen) atoms. The fourth-order valence-corrected chi connectivity index (χ4v) is 1.84. The highest BCUT2D eigenvalue weighted by Gasteiger charge is 2.12. The monoisotopic (exact) mass is 265 g/mol. The van der Waals surface area contributed by atoms with Crippen molar-refractivity contribution in [3.05, 3.63) is 60.7 Å². The van der Waals surface area contributed by atoms with Gasteiger partial charge in [0.25, 0.3) is 0 Å². The van der Waals surface area contributed by atoms with Gasteiger partial charge in [-0.15, -0.1) is 0 Å². The first kappa shape index (κ1) is 12.0. The Morgan fingerprint density at radius 1 is 1.15 bits per heavy atom. The molecular weight excluding hydrogens is 256 g/mol. The zero-order valence-corrected chi connectivity index (χ0v) is 10.3. The molecule has 3 aromatic rings. The van der Waals surface area contributed by atoms with Crippen LogP contribution in [0.2, 0.25) is 0 Å². The van der Waals surface area contributed by atoms with Crippen LogP contribution >= 0.6 is 0 Å². The Bertz CT molecular complexity index is 738. The molecule has 0 radical (unpaired) electrons. The van der Waals surface area contributed by atoms with E-state index in [9.17, 15) is 9.90 Å². The highest BCUT2D eigenvalue weighted by molar-refractivity contribution is 5.86. The van der Waals surface area contributed by atoms with E-state index in [0.717, 1.165) is 5.56 Å². The van der Waals surface area contributed by atoms with Crippen LogP contribution in [-0.4, -0.2) is 25.7 Å². The zero-order chi connectivity index (χ0) is 13.9. The Hall–Kier alpha value is -3.02. The first-order chi connectivity index (χ1) is 9.75. The van der Waals surface area contributed by atoms with Crippen LogP contribution in [0.4, 0.5) is 0 Å². The molecular formula is C14H9N4O2-. The third kappa shape index (κ3) is 2.14. The third-order valence-electron chi connectivity index (χ3n) is 2.74. The highest BCUT2D eigenvalue weighted by Crippen LogP contribution is 2.19. The van der Waals surface area contributed by atoms with Gasteiger partial charge in [-0.1, -0.05) is 6.07 Å². The second-order valence-corrected chi connectivity index (χ2v) is 4.04. The van der Waals surface area contributed by atoms with Gasteiger partial charge in [0.2, 0.25) is 0 Å². The molecule has 0 aliphatic carbocycles. The summed E-state index contributed by atoms with van der Waals surface area (Å²) in [7, 11) is 0. The summed E-state index contributed by atoms with van der Waals surface area (Å²) in [5.41, 5.74) is 1.18. The van der Waals surface area contributed by atoms with Gasteiger partial charge >= 0.3 is 0 Å². The fourth-order valence-electron chi connectivity index (χ4n) is 1.84. The summed E-state index contributed by atoms with van der Waals surface area (Å²) in [5.74, 6) is -0.889. The maximum absolute atomic E-state index is 11.2. The van der Waals surface area contributed by atoms with E-state index in [0.29, 0.717) is 11.5 Å². The summed E-state index contributed by atoms with van der Waals surface area (Å²) in [5, 5.41) is 15.5. The van der Waals surface area contributed by atoms with E-state index in [2.05, 4.69) is 15.1 Å². The van der Waals surface area contributed by atoms with Crippen LogP contribution in [0.3, 0.4) is 0 Å². The van der Waals surface area contributed by atoms with E-state index in [1.807, 2.05) is 0 Å². The highest BCUT2D eigenvalue weighted by atomic mass is 16.4. The Kier molecular flexibility index (Phi) is 2.96. The van der Waals surface area contributed by atoms with E-state index in [1.165, 1.54) is 10.7 Å². The standard InChI is InChI=1S/C14H10N4O2/c19-14(20)12-8-11(10-4-3-6-15-9-10)17-18(12)13-5-1-2-7-16-13/h1-9H,(H,19,20)/p-1. The molecule has 98 valence electrons. The molecule has 0 spiro atoms. The van der Waals surface area contributed by atoms with Crippen LogP contribution < -0.4 is 5.11 Å². The Morgan fingerprint density at radius 3 is 2.70 bits per heavy atom. The molecule has 6 nitrogen and oxygen atoms in total. The molecule has 0 amide bonds. The molecule has 3 heterocycles. The van der Waals surface area contributed by atoms with Crippen molar-refractivity contribution in [1.29, 1.82) is 0 Å². The van der Waals surface area contributed by atoms with Crippen LogP contribution in [0.5, 0.6) is 0 Å². The SMILES string of the molecule is O=C([O-])c1cc(-c2cccnc2)nn1-c1ccccn1. The van der Waals surface area contributed by atoms with Gasteiger partial charge in [-0.05, 0) is 30.3 Å². The number of hydrogen-bond acceptors (Lipinski definition) is 5. The first-order valence-electron chi connectivity index (χ1n) is 5.89. The van der Waals surface area contributed by atoms with Gasteiger partial charge in [0.1, 0.15) is 0 Å². The lowest BCUT2D eigenvalue weighted by atomic mass is 10.2. The number of nitrogens with zero attached hydrogens (tertiary/aromatic N) is 4. The second-order valence-electron chi connectivity index (χ2n) is 4.04. The fraction of sp³-hybridized carbons (Fsp3) is 0. The van der Waals surface area contributed by atoms with Crippen LogP contribution in [0.15, 0.2) is 55.0 Å². The maximum Gasteiger partial charge on any atom is 0.154 e. The number of aromatic nitrogens is 4. The van der Waals surface area contributed by atoms with E-state index in [4.69, 9.17) is 0 Å². The van der Waals surface area contributed by atoms with Gasteiger partial charge in [0.15, 0.2) is 5.82 Å². The molecule has 0 aliphatic heterocycles. The predicted molar refractivity (Wildman–Crippen MR) is 68.9 cm³/mol. The van der Waals surface area contributed by atoms with Crippen LogP contribution in [0.1, 0.15) is 10.5 Å². The molecule has 0 atom stereocenters. The van der Waals surface area contributed by atoms with Gasteiger partial charge in [-0.25, -0.2) is 9.67 Å².